The number of amides is 2. The zero-order valence-corrected chi connectivity index (χ0v) is 15.6. The van der Waals surface area contributed by atoms with Gasteiger partial charge in [0.2, 0.25) is 5.91 Å². The van der Waals surface area contributed by atoms with Crippen molar-refractivity contribution in [3.05, 3.63) is 46.7 Å². The fourth-order valence-electron chi connectivity index (χ4n) is 3.18. The van der Waals surface area contributed by atoms with E-state index in [9.17, 15) is 9.59 Å². The molecule has 1 saturated heterocycles. The summed E-state index contributed by atoms with van der Waals surface area (Å²) in [5.74, 6) is -0.112. The normalized spacial score (nSPS) is 14.3. The van der Waals surface area contributed by atoms with Crippen LogP contribution in [0.3, 0.4) is 0 Å². The molecule has 3 rings (SSSR count). The van der Waals surface area contributed by atoms with E-state index < -0.39 is 0 Å². The zero-order chi connectivity index (χ0) is 18.5. The van der Waals surface area contributed by atoms with Crippen molar-refractivity contribution in [1.82, 2.24) is 20.0 Å². The highest BCUT2D eigenvalue weighted by Gasteiger charge is 2.18. The predicted molar refractivity (Wildman–Crippen MR) is 101 cm³/mol. The number of piperidine rings is 1. The van der Waals surface area contributed by atoms with Gasteiger partial charge in [0.1, 0.15) is 0 Å². The number of benzene rings is 1. The lowest BCUT2D eigenvalue weighted by molar-refractivity contribution is -0.131. The van der Waals surface area contributed by atoms with Crippen LogP contribution in [0.1, 0.15) is 41.7 Å². The van der Waals surface area contributed by atoms with Crippen LogP contribution in [0.4, 0.5) is 0 Å². The zero-order valence-electron chi connectivity index (χ0n) is 14.9. The minimum atomic E-state index is -0.220. The van der Waals surface area contributed by atoms with Crippen molar-refractivity contribution in [2.45, 2.75) is 32.6 Å². The molecule has 0 saturated carbocycles. The highest BCUT2D eigenvalue weighted by Crippen LogP contribution is 2.18. The topological polar surface area (TPSA) is 67.2 Å². The number of aromatic nitrogens is 2. The maximum absolute atomic E-state index is 12.4. The van der Waals surface area contributed by atoms with E-state index in [2.05, 4.69) is 10.4 Å². The first-order valence-corrected chi connectivity index (χ1v) is 9.30. The van der Waals surface area contributed by atoms with Crippen molar-refractivity contribution in [3.63, 3.8) is 0 Å². The molecule has 0 atom stereocenters. The Labute approximate surface area is 158 Å². The van der Waals surface area contributed by atoms with Gasteiger partial charge in [-0.2, -0.15) is 5.10 Å². The van der Waals surface area contributed by atoms with Crippen molar-refractivity contribution in [2.24, 2.45) is 0 Å². The van der Waals surface area contributed by atoms with Crippen molar-refractivity contribution < 1.29 is 9.59 Å². The van der Waals surface area contributed by atoms with Crippen LogP contribution >= 0.6 is 11.6 Å². The number of hydrogen-bond donors (Lipinski definition) is 1. The van der Waals surface area contributed by atoms with E-state index in [1.807, 2.05) is 24.0 Å². The highest BCUT2D eigenvalue weighted by molar-refractivity contribution is 6.30. The summed E-state index contributed by atoms with van der Waals surface area (Å²) in [6.07, 6.45) is 5.20. The number of hydrogen-bond acceptors (Lipinski definition) is 3. The van der Waals surface area contributed by atoms with Crippen LogP contribution in [0.2, 0.25) is 5.02 Å². The molecule has 26 heavy (non-hydrogen) atoms. The second-order valence-corrected chi connectivity index (χ2v) is 6.92. The molecule has 1 N–H and O–H groups in total. The Morgan fingerprint density at radius 3 is 2.73 bits per heavy atom. The number of carbonyl (C=O) groups is 2. The van der Waals surface area contributed by atoms with Gasteiger partial charge in [0.05, 0.1) is 23.1 Å². The molecule has 0 bridgehead atoms. The molecule has 138 valence electrons. The number of nitrogens with one attached hydrogen (secondary N) is 1. The van der Waals surface area contributed by atoms with E-state index in [1.54, 1.807) is 16.8 Å². The summed E-state index contributed by atoms with van der Waals surface area (Å²) in [5, 5.41) is 7.72. The first-order chi connectivity index (χ1) is 12.6. The van der Waals surface area contributed by atoms with Gasteiger partial charge in [-0.05, 0) is 44.4 Å². The third kappa shape index (κ3) is 4.25. The van der Waals surface area contributed by atoms with Gasteiger partial charge in [-0.1, -0.05) is 17.7 Å². The van der Waals surface area contributed by atoms with E-state index >= 15 is 0 Å². The molecule has 0 spiro atoms. The van der Waals surface area contributed by atoms with Gasteiger partial charge < -0.3 is 10.2 Å². The smallest absolute Gasteiger partial charge is 0.254 e. The molecule has 1 aliphatic rings. The molecule has 2 amide bonds. The number of carbonyl (C=O) groups excluding carboxylic acids is 2. The molecule has 0 unspecified atom stereocenters. The van der Waals surface area contributed by atoms with Crippen LogP contribution in [0, 0.1) is 6.92 Å². The Kier molecular flexibility index (Phi) is 5.93. The van der Waals surface area contributed by atoms with Crippen LogP contribution in [-0.2, 0) is 4.79 Å². The average molecular weight is 375 g/mol. The molecular formula is C19H23ClN4O2. The molecule has 2 heterocycles. The summed E-state index contributed by atoms with van der Waals surface area (Å²) in [4.78, 5) is 26.5. The standard InChI is InChI=1S/C19H23ClN4O2/c1-14-17(13-22-24(14)16-7-5-6-15(20)12-16)19(26)21-9-8-18(25)23-10-3-2-4-11-23/h5-7,12-13H,2-4,8-11H2,1H3,(H,21,26). The van der Waals surface area contributed by atoms with Gasteiger partial charge in [0, 0.05) is 31.1 Å². The summed E-state index contributed by atoms with van der Waals surface area (Å²) < 4.78 is 1.68. The summed E-state index contributed by atoms with van der Waals surface area (Å²) in [7, 11) is 0. The highest BCUT2D eigenvalue weighted by atomic mass is 35.5. The van der Waals surface area contributed by atoms with Crippen LogP contribution in [0.5, 0.6) is 0 Å². The third-order valence-electron chi connectivity index (χ3n) is 4.64. The van der Waals surface area contributed by atoms with Crippen LogP contribution in [-0.4, -0.2) is 46.1 Å². The second-order valence-electron chi connectivity index (χ2n) is 6.48. The van der Waals surface area contributed by atoms with Gasteiger partial charge in [-0.25, -0.2) is 4.68 Å². The minimum absolute atomic E-state index is 0.108. The van der Waals surface area contributed by atoms with Crippen LogP contribution < -0.4 is 5.32 Å². The number of likely N-dealkylation sites (tertiary alicyclic amines) is 1. The van der Waals surface area contributed by atoms with Gasteiger partial charge >= 0.3 is 0 Å². The fourth-order valence-corrected chi connectivity index (χ4v) is 3.36. The van der Waals surface area contributed by atoms with Gasteiger partial charge in [-0.3, -0.25) is 9.59 Å². The first-order valence-electron chi connectivity index (χ1n) is 8.93. The molecule has 1 fully saturated rings. The Bertz CT molecular complexity index is 797. The molecule has 1 aromatic carbocycles. The molecule has 1 aliphatic heterocycles. The van der Waals surface area contributed by atoms with Gasteiger partial charge in [0.25, 0.3) is 5.91 Å². The van der Waals surface area contributed by atoms with E-state index in [1.165, 1.54) is 12.6 Å². The maximum atomic E-state index is 12.4. The maximum Gasteiger partial charge on any atom is 0.254 e. The Morgan fingerprint density at radius 1 is 1.23 bits per heavy atom. The second kappa shape index (κ2) is 8.36. The van der Waals surface area contributed by atoms with Crippen LogP contribution in [0.15, 0.2) is 30.5 Å². The van der Waals surface area contributed by atoms with E-state index in [4.69, 9.17) is 11.6 Å². The van der Waals surface area contributed by atoms with Crippen LogP contribution in [0.25, 0.3) is 5.69 Å². The summed E-state index contributed by atoms with van der Waals surface area (Å²) in [6, 6.07) is 7.30. The summed E-state index contributed by atoms with van der Waals surface area (Å²) in [6.45, 7) is 3.83. The summed E-state index contributed by atoms with van der Waals surface area (Å²) in [5.41, 5.74) is 2.02. The third-order valence-corrected chi connectivity index (χ3v) is 4.88. The van der Waals surface area contributed by atoms with E-state index in [0.717, 1.165) is 37.3 Å². The Balaban J connectivity index is 1.57. The van der Waals surface area contributed by atoms with Crippen molar-refractivity contribution >= 4 is 23.4 Å². The molecule has 0 aliphatic carbocycles. The molecular weight excluding hydrogens is 352 g/mol. The van der Waals surface area contributed by atoms with Crippen molar-refractivity contribution in [1.29, 1.82) is 0 Å². The quantitative estimate of drug-likeness (QED) is 0.874. The lowest BCUT2D eigenvalue weighted by Gasteiger charge is -2.26. The number of halogens is 1. The number of nitrogens with zero attached hydrogens (tertiary/aromatic N) is 3. The molecule has 2 aromatic rings. The molecule has 6 nitrogen and oxygen atoms in total. The first kappa shape index (κ1) is 18.5. The Hall–Kier alpha value is -2.34. The van der Waals surface area contributed by atoms with Gasteiger partial charge in [0.15, 0.2) is 0 Å². The van der Waals surface area contributed by atoms with Gasteiger partial charge in [-0.15, -0.1) is 0 Å². The molecule has 0 radical (unpaired) electrons. The monoisotopic (exact) mass is 374 g/mol. The summed E-state index contributed by atoms with van der Waals surface area (Å²) >= 11 is 6.02. The molecule has 1 aromatic heterocycles. The van der Waals surface area contributed by atoms with E-state index in [-0.39, 0.29) is 11.8 Å². The lowest BCUT2D eigenvalue weighted by Crippen LogP contribution is -2.37. The van der Waals surface area contributed by atoms with Crippen molar-refractivity contribution in [2.75, 3.05) is 19.6 Å². The Morgan fingerprint density at radius 2 is 2.00 bits per heavy atom. The molecule has 7 heteroatoms. The largest absolute Gasteiger partial charge is 0.351 e. The van der Waals surface area contributed by atoms with E-state index in [0.29, 0.717) is 23.6 Å². The lowest BCUT2D eigenvalue weighted by atomic mass is 10.1. The number of rotatable bonds is 5. The SMILES string of the molecule is Cc1c(C(=O)NCCC(=O)N2CCCCC2)cnn1-c1cccc(Cl)c1. The predicted octanol–water partition coefficient (Wildman–Crippen LogP) is 2.97. The average Bonchev–Trinajstić information content (AvgIpc) is 3.04. The van der Waals surface area contributed by atoms with Crippen molar-refractivity contribution in [3.8, 4) is 5.69 Å². The fraction of sp³-hybridized carbons (Fsp3) is 0.421. The minimum Gasteiger partial charge on any atom is -0.351 e.